The van der Waals surface area contributed by atoms with Gasteiger partial charge >= 0.3 is 0 Å². The molecule has 3 heteroatoms. The number of hydrogen-bond donors (Lipinski definition) is 0. The largest absolute Gasteiger partial charge is 0.407 e. The SMILES string of the molecule is CC(C)(C)[Si](C)(C)OCSc1ccc2ccccc2c1. The summed E-state index contributed by atoms with van der Waals surface area (Å²) in [6.45, 7) is 11.4. The van der Waals surface area contributed by atoms with Gasteiger partial charge in [-0.3, -0.25) is 0 Å². The monoisotopic (exact) mass is 304 g/mol. The van der Waals surface area contributed by atoms with Crippen molar-refractivity contribution in [3.05, 3.63) is 42.5 Å². The molecular formula is C17H24OSSi. The van der Waals surface area contributed by atoms with Crippen molar-refractivity contribution in [2.45, 2.75) is 43.8 Å². The lowest BCUT2D eigenvalue weighted by atomic mass is 10.1. The minimum Gasteiger partial charge on any atom is -0.407 e. The molecule has 0 aliphatic rings. The Labute approximate surface area is 127 Å². The van der Waals surface area contributed by atoms with Gasteiger partial charge in [0, 0.05) is 4.90 Å². The van der Waals surface area contributed by atoms with Crippen LogP contribution in [0.2, 0.25) is 18.1 Å². The van der Waals surface area contributed by atoms with Crippen LogP contribution in [0, 0.1) is 0 Å². The summed E-state index contributed by atoms with van der Waals surface area (Å²) < 4.78 is 6.21. The van der Waals surface area contributed by atoms with E-state index in [1.54, 1.807) is 11.8 Å². The highest BCUT2D eigenvalue weighted by Gasteiger charge is 2.36. The van der Waals surface area contributed by atoms with Gasteiger partial charge in [-0.2, -0.15) is 0 Å². The smallest absolute Gasteiger partial charge is 0.193 e. The Bertz CT molecular complexity index is 587. The maximum Gasteiger partial charge on any atom is 0.193 e. The van der Waals surface area contributed by atoms with E-state index in [4.69, 9.17) is 4.43 Å². The summed E-state index contributed by atoms with van der Waals surface area (Å²) in [5, 5.41) is 2.86. The Kier molecular flexibility index (Phi) is 4.62. The van der Waals surface area contributed by atoms with Crippen LogP contribution in [0.3, 0.4) is 0 Å². The van der Waals surface area contributed by atoms with E-state index in [1.807, 2.05) is 0 Å². The molecule has 0 atom stereocenters. The average Bonchev–Trinajstić information content (AvgIpc) is 2.37. The molecule has 1 nitrogen and oxygen atoms in total. The van der Waals surface area contributed by atoms with Crippen LogP contribution in [0.25, 0.3) is 10.8 Å². The zero-order valence-electron chi connectivity index (χ0n) is 13.1. The molecule has 0 aliphatic carbocycles. The van der Waals surface area contributed by atoms with Crippen LogP contribution >= 0.6 is 11.8 Å². The van der Waals surface area contributed by atoms with Crippen LogP contribution < -0.4 is 0 Å². The van der Waals surface area contributed by atoms with Gasteiger partial charge in [0.1, 0.15) is 0 Å². The second-order valence-electron chi connectivity index (χ2n) is 6.68. The van der Waals surface area contributed by atoms with E-state index in [2.05, 4.69) is 76.3 Å². The van der Waals surface area contributed by atoms with Crippen LogP contribution in [-0.2, 0) is 4.43 Å². The second kappa shape index (κ2) is 5.92. The molecule has 0 amide bonds. The van der Waals surface area contributed by atoms with Crippen molar-refractivity contribution in [1.82, 2.24) is 0 Å². The van der Waals surface area contributed by atoms with E-state index in [-0.39, 0.29) is 5.04 Å². The van der Waals surface area contributed by atoms with Crippen molar-refractivity contribution in [3.63, 3.8) is 0 Å². The highest BCUT2D eigenvalue weighted by Crippen LogP contribution is 2.37. The summed E-state index contributed by atoms with van der Waals surface area (Å²) in [7, 11) is -1.63. The van der Waals surface area contributed by atoms with Gasteiger partial charge in [-0.05, 0) is 41.0 Å². The number of fused-ring (bicyclic) bond motifs is 1. The molecule has 108 valence electrons. The van der Waals surface area contributed by atoms with Crippen molar-refractivity contribution >= 4 is 30.9 Å². The molecule has 0 bridgehead atoms. The fraction of sp³-hybridized carbons (Fsp3) is 0.412. The standard InChI is InChI=1S/C17H24OSSi/c1-17(2,3)20(4,5)18-13-19-16-11-10-14-8-6-7-9-15(14)12-16/h6-12H,13H2,1-5H3. The zero-order chi connectivity index (χ0) is 14.8. The van der Waals surface area contributed by atoms with E-state index < -0.39 is 8.32 Å². The van der Waals surface area contributed by atoms with E-state index in [9.17, 15) is 0 Å². The van der Waals surface area contributed by atoms with E-state index in [0.717, 1.165) is 5.94 Å². The lowest BCUT2D eigenvalue weighted by Crippen LogP contribution is -2.40. The molecule has 0 N–H and O–H groups in total. The molecule has 0 unspecified atom stereocenters. The van der Waals surface area contributed by atoms with Crippen LogP contribution in [0.4, 0.5) is 0 Å². The Morgan fingerprint density at radius 3 is 2.30 bits per heavy atom. The molecule has 0 fully saturated rings. The van der Waals surface area contributed by atoms with Crippen LogP contribution in [0.5, 0.6) is 0 Å². The van der Waals surface area contributed by atoms with Gasteiger partial charge in [-0.25, -0.2) is 0 Å². The van der Waals surface area contributed by atoms with Crippen LogP contribution in [0.15, 0.2) is 47.4 Å². The maximum atomic E-state index is 6.21. The summed E-state index contributed by atoms with van der Waals surface area (Å²) in [5.74, 6) is 0.745. The van der Waals surface area contributed by atoms with Gasteiger partial charge in [0.2, 0.25) is 0 Å². The molecule has 0 spiro atoms. The Morgan fingerprint density at radius 2 is 1.65 bits per heavy atom. The quantitative estimate of drug-likeness (QED) is 0.394. The summed E-state index contributed by atoms with van der Waals surface area (Å²) >= 11 is 1.79. The summed E-state index contributed by atoms with van der Waals surface area (Å²) in [6.07, 6.45) is 0. The number of thioether (sulfide) groups is 1. The van der Waals surface area contributed by atoms with Crippen molar-refractivity contribution < 1.29 is 4.43 Å². The summed E-state index contributed by atoms with van der Waals surface area (Å²) in [5.41, 5.74) is 0. The first-order chi connectivity index (χ1) is 9.29. The Morgan fingerprint density at radius 1 is 1.00 bits per heavy atom. The van der Waals surface area contributed by atoms with Crippen molar-refractivity contribution in [1.29, 1.82) is 0 Å². The van der Waals surface area contributed by atoms with Crippen molar-refractivity contribution in [2.24, 2.45) is 0 Å². The number of rotatable bonds is 4. The fourth-order valence-corrected chi connectivity index (χ4v) is 4.08. The van der Waals surface area contributed by atoms with Gasteiger partial charge in [0.05, 0.1) is 5.94 Å². The molecule has 2 rings (SSSR count). The third-order valence-electron chi connectivity index (χ3n) is 4.17. The van der Waals surface area contributed by atoms with Gasteiger partial charge in [0.15, 0.2) is 8.32 Å². The number of benzene rings is 2. The topological polar surface area (TPSA) is 9.23 Å². The van der Waals surface area contributed by atoms with Gasteiger partial charge in [0.25, 0.3) is 0 Å². The predicted molar refractivity (Wildman–Crippen MR) is 93.0 cm³/mol. The molecule has 0 saturated heterocycles. The third-order valence-corrected chi connectivity index (χ3v) is 9.68. The summed E-state index contributed by atoms with van der Waals surface area (Å²) in [6, 6.07) is 15.1. The first-order valence-corrected chi connectivity index (χ1v) is 10.9. The van der Waals surface area contributed by atoms with Gasteiger partial charge in [-0.15, -0.1) is 0 Å². The van der Waals surface area contributed by atoms with Gasteiger partial charge in [-0.1, -0.05) is 62.9 Å². The third kappa shape index (κ3) is 3.66. The Balaban J connectivity index is 2.00. The second-order valence-corrected chi connectivity index (χ2v) is 12.5. The first-order valence-electron chi connectivity index (χ1n) is 7.05. The first kappa shape index (κ1) is 15.6. The molecule has 0 aliphatic heterocycles. The average molecular weight is 305 g/mol. The van der Waals surface area contributed by atoms with Crippen LogP contribution in [0.1, 0.15) is 20.8 Å². The highest BCUT2D eigenvalue weighted by atomic mass is 32.2. The minimum absolute atomic E-state index is 0.275. The lowest BCUT2D eigenvalue weighted by Gasteiger charge is -2.35. The zero-order valence-corrected chi connectivity index (χ0v) is 14.9. The van der Waals surface area contributed by atoms with Crippen LogP contribution in [-0.4, -0.2) is 14.3 Å². The van der Waals surface area contributed by atoms with Crippen molar-refractivity contribution in [3.8, 4) is 0 Å². The number of hydrogen-bond acceptors (Lipinski definition) is 2. The maximum absolute atomic E-state index is 6.21. The summed E-state index contributed by atoms with van der Waals surface area (Å²) in [4.78, 5) is 1.28. The van der Waals surface area contributed by atoms with Gasteiger partial charge < -0.3 is 4.43 Å². The van der Waals surface area contributed by atoms with E-state index in [0.29, 0.717) is 0 Å². The molecular weight excluding hydrogens is 280 g/mol. The molecule has 20 heavy (non-hydrogen) atoms. The highest BCUT2D eigenvalue weighted by molar-refractivity contribution is 7.99. The fourth-order valence-electron chi connectivity index (χ4n) is 1.72. The molecule has 0 radical (unpaired) electrons. The van der Waals surface area contributed by atoms with E-state index in [1.165, 1.54) is 15.7 Å². The molecule has 0 heterocycles. The van der Waals surface area contributed by atoms with Crippen molar-refractivity contribution in [2.75, 3.05) is 5.94 Å². The molecule has 0 saturated carbocycles. The minimum atomic E-state index is -1.63. The Hall–Kier alpha value is -0.773. The normalized spacial score (nSPS) is 12.8. The molecule has 2 aromatic rings. The predicted octanol–water partition coefficient (Wildman–Crippen LogP) is 5.91. The lowest BCUT2D eigenvalue weighted by molar-refractivity contribution is 0.354. The molecule has 0 aromatic heterocycles. The van der Waals surface area contributed by atoms with E-state index >= 15 is 0 Å². The molecule has 2 aromatic carbocycles.